The van der Waals surface area contributed by atoms with Gasteiger partial charge in [-0.1, -0.05) is 44.2 Å². The Morgan fingerprint density at radius 1 is 1.19 bits per heavy atom. The van der Waals surface area contributed by atoms with E-state index in [1.807, 2.05) is 32.0 Å². The summed E-state index contributed by atoms with van der Waals surface area (Å²) in [5, 5.41) is 0.906. The topological polar surface area (TPSA) is 58.6 Å². The predicted molar refractivity (Wildman–Crippen MR) is 120 cm³/mol. The normalized spacial score (nSPS) is 18.7. The quantitative estimate of drug-likeness (QED) is 0.540. The fraction of sp³-hybridized carbons (Fsp3) is 0.440. The van der Waals surface area contributed by atoms with Gasteiger partial charge in [0.25, 0.3) is 0 Å². The number of hydrogen-bond donors (Lipinski definition) is 1. The van der Waals surface area contributed by atoms with Crippen LogP contribution < -0.4 is 5.73 Å². The second-order valence-electron chi connectivity index (χ2n) is 9.39. The molecule has 0 saturated carbocycles. The Labute approximate surface area is 182 Å². The van der Waals surface area contributed by atoms with E-state index in [0.29, 0.717) is 26.4 Å². The minimum absolute atomic E-state index is 0.119. The number of halogens is 1. The van der Waals surface area contributed by atoms with Crippen LogP contribution in [0.5, 0.6) is 0 Å². The maximum absolute atomic E-state index is 14.3. The van der Waals surface area contributed by atoms with E-state index in [-0.39, 0.29) is 17.2 Å². The van der Waals surface area contributed by atoms with Gasteiger partial charge in [0.1, 0.15) is 11.9 Å². The maximum Gasteiger partial charge on any atom is 0.163 e. The van der Waals surface area contributed by atoms with Gasteiger partial charge in [-0.3, -0.25) is 0 Å². The van der Waals surface area contributed by atoms with E-state index in [4.69, 9.17) is 19.9 Å². The highest BCUT2D eigenvalue weighted by molar-refractivity contribution is 5.85. The van der Waals surface area contributed by atoms with Gasteiger partial charge in [-0.25, -0.2) is 4.39 Å². The number of rotatable bonds is 7. The first-order valence-electron chi connectivity index (χ1n) is 10.7. The molecule has 1 aromatic heterocycles. The molecule has 5 nitrogen and oxygen atoms in total. The molecule has 6 heteroatoms. The molecule has 0 bridgehead atoms. The molecule has 3 aromatic rings. The van der Waals surface area contributed by atoms with Crippen LogP contribution in [-0.2, 0) is 32.8 Å². The Morgan fingerprint density at radius 3 is 2.61 bits per heavy atom. The third-order valence-corrected chi connectivity index (χ3v) is 5.74. The van der Waals surface area contributed by atoms with Crippen molar-refractivity contribution in [1.29, 1.82) is 0 Å². The highest BCUT2D eigenvalue weighted by Gasteiger charge is 2.35. The molecule has 4 rings (SSSR count). The van der Waals surface area contributed by atoms with Gasteiger partial charge < -0.3 is 24.5 Å². The second-order valence-corrected chi connectivity index (χ2v) is 9.39. The van der Waals surface area contributed by atoms with E-state index in [1.165, 1.54) is 6.07 Å². The number of nitrogen functional groups attached to an aromatic ring is 1. The number of nitrogens with zero attached hydrogens (tertiary/aromatic N) is 1. The van der Waals surface area contributed by atoms with Gasteiger partial charge >= 0.3 is 0 Å². The summed E-state index contributed by atoms with van der Waals surface area (Å²) in [6.45, 7) is 10.2. The lowest BCUT2D eigenvalue weighted by molar-refractivity contribution is -0.139. The molecule has 2 heterocycles. The number of nitrogens with two attached hydrogens (primary N) is 1. The SMILES string of the molecule is CC1(C)OC[C@@H](Cn2c(C(C)(C)COCc3ccccc3)cc3cc(N)c(F)cc32)O1. The summed E-state index contributed by atoms with van der Waals surface area (Å²) >= 11 is 0. The number of fused-ring (bicyclic) bond motifs is 1. The van der Waals surface area contributed by atoms with Gasteiger partial charge in [0.05, 0.1) is 37.6 Å². The molecule has 0 aliphatic carbocycles. The molecule has 0 radical (unpaired) electrons. The van der Waals surface area contributed by atoms with E-state index in [0.717, 1.165) is 22.2 Å². The molecule has 166 valence electrons. The van der Waals surface area contributed by atoms with Crippen molar-refractivity contribution >= 4 is 16.6 Å². The number of anilines is 1. The summed E-state index contributed by atoms with van der Waals surface area (Å²) in [6, 6.07) is 15.4. The lowest BCUT2D eigenvalue weighted by Gasteiger charge is -2.28. The van der Waals surface area contributed by atoms with Crippen LogP contribution in [0.15, 0.2) is 48.5 Å². The van der Waals surface area contributed by atoms with Gasteiger partial charge in [0, 0.05) is 22.6 Å². The summed E-state index contributed by atoms with van der Waals surface area (Å²) in [4.78, 5) is 0. The zero-order chi connectivity index (χ0) is 22.2. The third kappa shape index (κ3) is 4.76. The van der Waals surface area contributed by atoms with Crippen molar-refractivity contribution in [1.82, 2.24) is 4.57 Å². The predicted octanol–water partition coefficient (Wildman–Crippen LogP) is 5.01. The molecule has 31 heavy (non-hydrogen) atoms. The lowest BCUT2D eigenvalue weighted by atomic mass is 9.90. The number of hydrogen-bond acceptors (Lipinski definition) is 4. The monoisotopic (exact) mass is 426 g/mol. The Kier molecular flexibility index (Phi) is 5.81. The summed E-state index contributed by atoms with van der Waals surface area (Å²) in [5.74, 6) is -1.03. The molecule has 1 saturated heterocycles. The Bertz CT molecular complexity index is 1060. The average molecular weight is 427 g/mol. The van der Waals surface area contributed by atoms with Crippen LogP contribution in [-0.4, -0.2) is 29.7 Å². The first-order chi connectivity index (χ1) is 14.6. The summed E-state index contributed by atoms with van der Waals surface area (Å²) in [5.41, 5.74) is 8.66. The van der Waals surface area contributed by atoms with Crippen molar-refractivity contribution < 1.29 is 18.6 Å². The highest BCUT2D eigenvalue weighted by atomic mass is 19.1. The number of aromatic nitrogens is 1. The fourth-order valence-electron chi connectivity index (χ4n) is 4.19. The van der Waals surface area contributed by atoms with Gasteiger partial charge in [-0.2, -0.15) is 0 Å². The number of benzene rings is 2. The van der Waals surface area contributed by atoms with E-state index >= 15 is 0 Å². The first kappa shape index (κ1) is 21.8. The summed E-state index contributed by atoms with van der Waals surface area (Å²) < 4.78 is 34.3. The van der Waals surface area contributed by atoms with Gasteiger partial charge in [-0.05, 0) is 31.5 Å². The molecule has 1 aliphatic heterocycles. The third-order valence-electron chi connectivity index (χ3n) is 5.74. The van der Waals surface area contributed by atoms with Gasteiger partial charge in [-0.15, -0.1) is 0 Å². The maximum atomic E-state index is 14.3. The van der Waals surface area contributed by atoms with Crippen LogP contribution in [0.2, 0.25) is 0 Å². The van der Waals surface area contributed by atoms with Crippen LogP contribution in [0.3, 0.4) is 0 Å². The molecular weight excluding hydrogens is 395 g/mol. The van der Waals surface area contributed by atoms with Crippen molar-refractivity contribution in [3.63, 3.8) is 0 Å². The molecule has 1 fully saturated rings. The molecule has 0 amide bonds. The van der Waals surface area contributed by atoms with Crippen molar-refractivity contribution in [2.75, 3.05) is 18.9 Å². The van der Waals surface area contributed by atoms with Crippen molar-refractivity contribution in [3.05, 3.63) is 65.6 Å². The molecular formula is C25H31FN2O3. The van der Waals surface area contributed by atoms with Crippen molar-refractivity contribution in [2.45, 2.75) is 58.2 Å². The van der Waals surface area contributed by atoms with Crippen LogP contribution in [0, 0.1) is 5.82 Å². The zero-order valence-corrected chi connectivity index (χ0v) is 18.7. The Morgan fingerprint density at radius 2 is 1.94 bits per heavy atom. The lowest BCUT2D eigenvalue weighted by Crippen LogP contribution is -2.30. The molecule has 2 N–H and O–H groups in total. The second kappa shape index (κ2) is 8.26. The molecule has 0 unspecified atom stereocenters. The zero-order valence-electron chi connectivity index (χ0n) is 18.7. The Hall–Kier alpha value is -2.41. The van der Waals surface area contributed by atoms with Gasteiger partial charge in [0.2, 0.25) is 0 Å². The first-order valence-corrected chi connectivity index (χ1v) is 10.7. The highest BCUT2D eigenvalue weighted by Crippen LogP contribution is 2.34. The van der Waals surface area contributed by atoms with Crippen LogP contribution in [0.25, 0.3) is 10.9 Å². The fourth-order valence-corrected chi connectivity index (χ4v) is 4.19. The minimum Gasteiger partial charge on any atom is -0.396 e. The van der Waals surface area contributed by atoms with E-state index in [2.05, 4.69) is 36.6 Å². The minimum atomic E-state index is -0.613. The van der Waals surface area contributed by atoms with E-state index in [1.54, 1.807) is 6.07 Å². The van der Waals surface area contributed by atoms with Crippen molar-refractivity contribution in [2.24, 2.45) is 0 Å². The van der Waals surface area contributed by atoms with Gasteiger partial charge in [0.15, 0.2) is 5.79 Å². The van der Waals surface area contributed by atoms with Crippen LogP contribution >= 0.6 is 0 Å². The smallest absolute Gasteiger partial charge is 0.163 e. The van der Waals surface area contributed by atoms with Crippen LogP contribution in [0.1, 0.15) is 39.0 Å². The standard InChI is InChI=1S/C25H31FN2O3/c1-24(2,16-29-14-17-8-6-5-7-9-17)23-11-18-10-21(27)20(26)12-22(18)28(23)13-19-15-30-25(3,4)31-19/h5-12,19H,13-16,27H2,1-4H3/t19-/m1/s1. The van der Waals surface area contributed by atoms with E-state index in [9.17, 15) is 4.39 Å². The number of ether oxygens (including phenoxy) is 3. The van der Waals surface area contributed by atoms with E-state index < -0.39 is 11.6 Å². The summed E-state index contributed by atoms with van der Waals surface area (Å²) in [7, 11) is 0. The van der Waals surface area contributed by atoms with Crippen molar-refractivity contribution in [3.8, 4) is 0 Å². The van der Waals surface area contributed by atoms with Crippen LogP contribution in [0.4, 0.5) is 10.1 Å². The molecule has 2 aromatic carbocycles. The summed E-state index contributed by atoms with van der Waals surface area (Å²) in [6.07, 6.45) is -0.119. The molecule has 0 spiro atoms. The average Bonchev–Trinajstić information content (AvgIpc) is 3.23. The molecule has 1 aliphatic rings. The molecule has 1 atom stereocenters. The Balaban J connectivity index is 1.63. The largest absolute Gasteiger partial charge is 0.396 e.